The molecule has 0 spiro atoms. The lowest BCUT2D eigenvalue weighted by Gasteiger charge is -2.30. The molecular formula is C28H30FN7O. The number of hydrogen-bond acceptors (Lipinski definition) is 6. The number of anilines is 2. The van der Waals surface area contributed by atoms with Crippen molar-refractivity contribution in [2.75, 3.05) is 25.5 Å². The van der Waals surface area contributed by atoms with Crippen molar-refractivity contribution in [1.82, 2.24) is 29.0 Å². The average molecular weight is 500 g/mol. The number of aliphatic hydroxyl groups is 1. The highest BCUT2D eigenvalue weighted by Crippen LogP contribution is 2.30. The first-order valence-corrected chi connectivity index (χ1v) is 12.6. The maximum Gasteiger partial charge on any atom is 0.229 e. The van der Waals surface area contributed by atoms with Crippen LogP contribution in [0.4, 0.5) is 16.0 Å². The molecule has 0 radical (unpaired) electrons. The summed E-state index contributed by atoms with van der Waals surface area (Å²) in [7, 11) is 2.18. The maximum atomic E-state index is 14.7. The normalized spacial score (nSPS) is 15.6. The molecule has 2 N–H and O–H groups in total. The smallest absolute Gasteiger partial charge is 0.229 e. The van der Waals surface area contributed by atoms with Crippen molar-refractivity contribution in [3.63, 3.8) is 0 Å². The van der Waals surface area contributed by atoms with Gasteiger partial charge in [0, 0.05) is 41.2 Å². The average Bonchev–Trinajstić information content (AvgIpc) is 3.45. The highest BCUT2D eigenvalue weighted by atomic mass is 19.1. The molecule has 8 nitrogen and oxygen atoms in total. The van der Waals surface area contributed by atoms with Gasteiger partial charge in [-0.2, -0.15) is 4.98 Å². The van der Waals surface area contributed by atoms with Crippen molar-refractivity contribution in [2.24, 2.45) is 0 Å². The Hall–Kier alpha value is -3.82. The van der Waals surface area contributed by atoms with Gasteiger partial charge in [-0.25, -0.2) is 14.4 Å². The van der Waals surface area contributed by atoms with Crippen LogP contribution in [0.5, 0.6) is 0 Å². The molecule has 0 amide bonds. The molecule has 0 atom stereocenters. The molecule has 1 aliphatic rings. The van der Waals surface area contributed by atoms with Crippen molar-refractivity contribution in [3.05, 3.63) is 72.6 Å². The first-order chi connectivity index (χ1) is 17.8. The Kier molecular flexibility index (Phi) is 5.69. The molecule has 4 aromatic heterocycles. The minimum atomic E-state index is -1.12. The Bertz CT molecular complexity index is 1590. The number of aromatic nitrogens is 5. The molecular weight excluding hydrogens is 469 g/mol. The molecule has 1 aliphatic heterocycles. The number of piperidine rings is 1. The number of likely N-dealkylation sites (tertiary alicyclic amines) is 1. The van der Waals surface area contributed by atoms with Crippen LogP contribution in [-0.4, -0.2) is 54.2 Å². The van der Waals surface area contributed by atoms with Crippen LogP contribution in [0.25, 0.3) is 27.8 Å². The van der Waals surface area contributed by atoms with Crippen LogP contribution in [0.15, 0.2) is 61.1 Å². The third-order valence-corrected chi connectivity index (χ3v) is 7.16. The Morgan fingerprint density at radius 2 is 1.89 bits per heavy atom. The van der Waals surface area contributed by atoms with Gasteiger partial charge in [-0.1, -0.05) is 6.07 Å². The highest BCUT2D eigenvalue weighted by molar-refractivity contribution is 5.85. The van der Waals surface area contributed by atoms with E-state index in [0.29, 0.717) is 34.5 Å². The number of nitrogens with zero attached hydrogens (tertiary/aromatic N) is 6. The second-order valence-corrected chi connectivity index (χ2v) is 10.4. The van der Waals surface area contributed by atoms with Gasteiger partial charge in [0.15, 0.2) is 11.5 Å². The second-order valence-electron chi connectivity index (χ2n) is 10.4. The van der Waals surface area contributed by atoms with Crippen molar-refractivity contribution in [3.8, 4) is 5.82 Å². The van der Waals surface area contributed by atoms with Gasteiger partial charge >= 0.3 is 0 Å². The molecule has 5 aromatic rings. The monoisotopic (exact) mass is 499 g/mol. The van der Waals surface area contributed by atoms with Gasteiger partial charge in [-0.3, -0.25) is 4.57 Å². The fraction of sp³-hybridized carbons (Fsp3) is 0.321. The Morgan fingerprint density at radius 1 is 1.08 bits per heavy atom. The molecule has 0 bridgehead atoms. The quantitative estimate of drug-likeness (QED) is 0.348. The molecule has 1 saturated heterocycles. The van der Waals surface area contributed by atoms with Gasteiger partial charge in [-0.05, 0) is 83.2 Å². The number of hydrogen-bond donors (Lipinski definition) is 2. The third-order valence-electron chi connectivity index (χ3n) is 7.16. The summed E-state index contributed by atoms with van der Waals surface area (Å²) in [5, 5.41) is 15.1. The molecule has 0 aliphatic carbocycles. The summed E-state index contributed by atoms with van der Waals surface area (Å²) in [6.45, 7) is 5.56. The molecule has 9 heteroatoms. The van der Waals surface area contributed by atoms with Crippen molar-refractivity contribution in [2.45, 2.75) is 38.3 Å². The van der Waals surface area contributed by atoms with E-state index < -0.39 is 11.4 Å². The standard InChI is InChI=1S/C28H30FN7O/c1-28(2,37)24-5-4-6-25(32-24)36-17-22(29)21-16-30-27(33-26(21)36)31-19-7-8-23-18(15-19)9-14-35(23)20-10-12-34(3)13-11-20/h4-9,14-17,20,37H,10-13H2,1-3H3,(H,30,31,33). The summed E-state index contributed by atoms with van der Waals surface area (Å²) in [5.41, 5.74) is 1.83. The summed E-state index contributed by atoms with van der Waals surface area (Å²) < 4.78 is 18.7. The van der Waals surface area contributed by atoms with Crippen LogP contribution in [0.2, 0.25) is 0 Å². The first kappa shape index (κ1) is 23.6. The molecule has 1 aromatic carbocycles. The van der Waals surface area contributed by atoms with E-state index in [1.807, 2.05) is 6.07 Å². The fourth-order valence-electron chi connectivity index (χ4n) is 5.06. The fourth-order valence-corrected chi connectivity index (χ4v) is 5.06. The lowest BCUT2D eigenvalue weighted by molar-refractivity contribution is 0.0738. The topological polar surface area (TPSA) is 84.0 Å². The van der Waals surface area contributed by atoms with E-state index in [2.05, 4.69) is 61.2 Å². The van der Waals surface area contributed by atoms with Gasteiger partial charge < -0.3 is 19.9 Å². The zero-order chi connectivity index (χ0) is 25.7. The molecule has 5 heterocycles. The maximum absolute atomic E-state index is 14.7. The van der Waals surface area contributed by atoms with E-state index in [0.717, 1.165) is 37.0 Å². The van der Waals surface area contributed by atoms with Gasteiger partial charge in [0.2, 0.25) is 5.95 Å². The van der Waals surface area contributed by atoms with Crippen LogP contribution in [0, 0.1) is 5.82 Å². The minimum Gasteiger partial charge on any atom is -0.384 e. The van der Waals surface area contributed by atoms with Gasteiger partial charge in [0.05, 0.1) is 11.1 Å². The number of nitrogens with one attached hydrogen (secondary N) is 1. The zero-order valence-corrected chi connectivity index (χ0v) is 21.2. The van der Waals surface area contributed by atoms with Gasteiger partial charge in [-0.15, -0.1) is 0 Å². The molecule has 0 saturated carbocycles. The lowest BCUT2D eigenvalue weighted by Crippen LogP contribution is -2.31. The van der Waals surface area contributed by atoms with Crippen molar-refractivity contribution < 1.29 is 9.50 Å². The van der Waals surface area contributed by atoms with Gasteiger partial charge in [0.25, 0.3) is 0 Å². The predicted octanol–water partition coefficient (Wildman–Crippen LogP) is 5.15. The number of halogens is 1. The molecule has 6 rings (SSSR count). The minimum absolute atomic E-state index is 0.298. The second kappa shape index (κ2) is 8.93. The summed E-state index contributed by atoms with van der Waals surface area (Å²) in [5.74, 6) is 0.392. The van der Waals surface area contributed by atoms with Crippen molar-refractivity contribution >= 4 is 33.6 Å². The Morgan fingerprint density at radius 3 is 2.68 bits per heavy atom. The third kappa shape index (κ3) is 4.45. The highest BCUT2D eigenvalue weighted by Gasteiger charge is 2.21. The molecule has 1 fully saturated rings. The predicted molar refractivity (Wildman–Crippen MR) is 143 cm³/mol. The van der Waals surface area contributed by atoms with Crippen LogP contribution < -0.4 is 5.32 Å². The number of fused-ring (bicyclic) bond motifs is 2. The summed E-state index contributed by atoms with van der Waals surface area (Å²) in [6, 6.07) is 14.2. The zero-order valence-electron chi connectivity index (χ0n) is 21.2. The SMILES string of the molecule is CN1CCC(n2ccc3cc(Nc4ncc5c(F)cn(-c6cccc(C(C)(C)O)n6)c5n4)ccc32)CC1. The van der Waals surface area contributed by atoms with Crippen LogP contribution in [-0.2, 0) is 5.60 Å². The number of benzene rings is 1. The van der Waals surface area contributed by atoms with Gasteiger partial charge in [0.1, 0.15) is 11.4 Å². The molecule has 190 valence electrons. The van der Waals surface area contributed by atoms with Crippen LogP contribution in [0.1, 0.15) is 38.4 Å². The van der Waals surface area contributed by atoms with E-state index in [9.17, 15) is 9.50 Å². The van der Waals surface area contributed by atoms with E-state index in [-0.39, 0.29) is 0 Å². The summed E-state index contributed by atoms with van der Waals surface area (Å²) in [4.78, 5) is 15.9. The lowest BCUT2D eigenvalue weighted by atomic mass is 10.1. The largest absolute Gasteiger partial charge is 0.384 e. The van der Waals surface area contributed by atoms with E-state index in [1.54, 1.807) is 36.6 Å². The first-order valence-electron chi connectivity index (χ1n) is 12.6. The summed E-state index contributed by atoms with van der Waals surface area (Å²) in [6.07, 6.45) is 7.30. The summed E-state index contributed by atoms with van der Waals surface area (Å²) >= 11 is 0. The van der Waals surface area contributed by atoms with E-state index >= 15 is 0 Å². The Balaban J connectivity index is 1.31. The Labute approximate surface area is 214 Å². The number of rotatable bonds is 5. The van der Waals surface area contributed by atoms with Crippen molar-refractivity contribution in [1.29, 1.82) is 0 Å². The number of pyridine rings is 1. The molecule has 0 unspecified atom stereocenters. The van der Waals surface area contributed by atoms with E-state index in [4.69, 9.17) is 0 Å². The van der Waals surface area contributed by atoms with Crippen LogP contribution >= 0.6 is 0 Å². The van der Waals surface area contributed by atoms with E-state index in [1.165, 1.54) is 17.9 Å². The van der Waals surface area contributed by atoms with Crippen LogP contribution in [0.3, 0.4) is 0 Å². The molecule has 37 heavy (non-hydrogen) atoms.